The van der Waals surface area contributed by atoms with Crippen molar-refractivity contribution in [1.82, 2.24) is 14.5 Å². The Labute approximate surface area is 164 Å². The minimum atomic E-state index is -0.210. The van der Waals surface area contributed by atoms with Crippen molar-refractivity contribution in [1.29, 1.82) is 0 Å². The standard InChI is InChI=1S/C21H26N4O3/c1-13-17(10-18(24(13)2)15-3-4-15)20(27)23-19-9-16(5-7-22-19)21(28)25-8-6-14(11-25)12-26/h5,7,9-10,14-15,26H,3-4,6,8,11-12H2,1-2H3,(H,22,23,27)/t14-/m0/s1. The van der Waals surface area contributed by atoms with Crippen molar-refractivity contribution in [2.24, 2.45) is 13.0 Å². The number of carbonyl (C=O) groups excluding carboxylic acids is 2. The van der Waals surface area contributed by atoms with Gasteiger partial charge in [-0.2, -0.15) is 0 Å². The monoisotopic (exact) mass is 382 g/mol. The number of aliphatic hydroxyl groups excluding tert-OH is 1. The number of anilines is 1. The van der Waals surface area contributed by atoms with Crippen molar-refractivity contribution in [2.75, 3.05) is 25.0 Å². The molecule has 0 unspecified atom stereocenters. The van der Waals surface area contributed by atoms with Crippen LogP contribution in [0, 0.1) is 12.8 Å². The van der Waals surface area contributed by atoms with Crippen LogP contribution >= 0.6 is 0 Å². The van der Waals surface area contributed by atoms with Gasteiger partial charge in [0, 0.05) is 55.8 Å². The molecule has 1 saturated carbocycles. The number of carbonyl (C=O) groups is 2. The molecule has 28 heavy (non-hydrogen) atoms. The van der Waals surface area contributed by atoms with Gasteiger partial charge in [-0.3, -0.25) is 9.59 Å². The Balaban J connectivity index is 1.48. The lowest BCUT2D eigenvalue weighted by Crippen LogP contribution is -2.29. The van der Waals surface area contributed by atoms with Crippen molar-refractivity contribution in [2.45, 2.75) is 32.1 Å². The van der Waals surface area contributed by atoms with E-state index in [1.807, 2.05) is 20.0 Å². The molecule has 148 valence electrons. The van der Waals surface area contributed by atoms with Crippen LogP contribution in [0.5, 0.6) is 0 Å². The number of hydrogen-bond acceptors (Lipinski definition) is 4. The van der Waals surface area contributed by atoms with E-state index >= 15 is 0 Å². The molecule has 2 N–H and O–H groups in total. The van der Waals surface area contributed by atoms with Gasteiger partial charge in [-0.05, 0) is 50.3 Å². The number of hydrogen-bond donors (Lipinski definition) is 2. The third-order valence-corrected chi connectivity index (χ3v) is 5.89. The van der Waals surface area contributed by atoms with Gasteiger partial charge in [-0.25, -0.2) is 4.98 Å². The van der Waals surface area contributed by atoms with Crippen LogP contribution in [-0.2, 0) is 7.05 Å². The smallest absolute Gasteiger partial charge is 0.258 e. The minimum absolute atomic E-state index is 0.0965. The maximum absolute atomic E-state index is 12.8. The van der Waals surface area contributed by atoms with E-state index in [0.29, 0.717) is 36.0 Å². The molecule has 7 nitrogen and oxygen atoms in total. The molecule has 1 aliphatic heterocycles. The highest BCUT2D eigenvalue weighted by Crippen LogP contribution is 2.41. The van der Waals surface area contributed by atoms with E-state index in [1.165, 1.54) is 24.7 Å². The first kappa shape index (κ1) is 18.7. The first-order chi connectivity index (χ1) is 13.5. The molecule has 2 fully saturated rings. The number of pyridine rings is 1. The zero-order valence-corrected chi connectivity index (χ0v) is 16.3. The minimum Gasteiger partial charge on any atom is -0.396 e. The Hall–Kier alpha value is -2.67. The summed E-state index contributed by atoms with van der Waals surface area (Å²) in [4.78, 5) is 31.4. The van der Waals surface area contributed by atoms with Crippen LogP contribution in [-0.4, -0.2) is 51.1 Å². The molecule has 3 heterocycles. The Morgan fingerprint density at radius 3 is 2.75 bits per heavy atom. The van der Waals surface area contributed by atoms with Crippen molar-refractivity contribution >= 4 is 17.6 Å². The van der Waals surface area contributed by atoms with E-state index < -0.39 is 0 Å². The van der Waals surface area contributed by atoms with Gasteiger partial charge in [0.15, 0.2) is 0 Å². The second kappa shape index (κ2) is 7.39. The molecule has 1 aliphatic carbocycles. The molecule has 2 amide bonds. The van der Waals surface area contributed by atoms with E-state index in [4.69, 9.17) is 0 Å². The molecule has 7 heteroatoms. The maximum atomic E-state index is 12.8. The summed E-state index contributed by atoms with van der Waals surface area (Å²) in [7, 11) is 1.99. The number of nitrogens with zero attached hydrogens (tertiary/aromatic N) is 3. The predicted octanol–water partition coefficient (Wildman–Crippen LogP) is 2.31. The summed E-state index contributed by atoms with van der Waals surface area (Å²) in [6, 6.07) is 5.24. The van der Waals surface area contributed by atoms with Crippen LogP contribution in [0.3, 0.4) is 0 Å². The number of aromatic nitrogens is 2. The van der Waals surface area contributed by atoms with Gasteiger partial charge in [0.1, 0.15) is 5.82 Å². The van der Waals surface area contributed by atoms with Crippen molar-refractivity contribution in [3.05, 3.63) is 46.9 Å². The third-order valence-electron chi connectivity index (χ3n) is 5.89. The molecule has 1 atom stereocenters. The highest BCUT2D eigenvalue weighted by molar-refractivity contribution is 6.05. The normalized spacial score (nSPS) is 19.1. The number of likely N-dealkylation sites (tertiary alicyclic amines) is 1. The highest BCUT2D eigenvalue weighted by Gasteiger charge is 2.29. The molecule has 2 aromatic rings. The summed E-state index contributed by atoms with van der Waals surface area (Å²) < 4.78 is 2.09. The lowest BCUT2D eigenvalue weighted by molar-refractivity contribution is 0.0781. The van der Waals surface area contributed by atoms with Crippen LogP contribution in [0.15, 0.2) is 24.4 Å². The first-order valence-corrected chi connectivity index (χ1v) is 9.81. The Morgan fingerprint density at radius 2 is 2.07 bits per heavy atom. The lowest BCUT2D eigenvalue weighted by Gasteiger charge is -2.16. The molecule has 0 radical (unpaired) electrons. The molecule has 0 bridgehead atoms. The van der Waals surface area contributed by atoms with E-state index in [1.54, 1.807) is 17.0 Å². The number of amides is 2. The fraction of sp³-hybridized carbons (Fsp3) is 0.476. The van der Waals surface area contributed by atoms with E-state index in [9.17, 15) is 14.7 Å². The molecule has 2 aromatic heterocycles. The topological polar surface area (TPSA) is 87.5 Å². The quantitative estimate of drug-likeness (QED) is 0.831. The first-order valence-electron chi connectivity index (χ1n) is 9.81. The maximum Gasteiger partial charge on any atom is 0.258 e. The van der Waals surface area contributed by atoms with Gasteiger partial charge in [0.05, 0.1) is 5.56 Å². The summed E-state index contributed by atoms with van der Waals surface area (Å²) in [5.41, 5.74) is 3.27. The Kier molecular flexibility index (Phi) is 4.93. The average Bonchev–Trinajstić information content (AvgIpc) is 3.34. The fourth-order valence-electron chi connectivity index (χ4n) is 3.89. The number of nitrogens with one attached hydrogen (secondary N) is 1. The van der Waals surface area contributed by atoms with Crippen molar-refractivity contribution in [3.8, 4) is 0 Å². The average molecular weight is 382 g/mol. The number of rotatable bonds is 5. The molecule has 4 rings (SSSR count). The van der Waals surface area contributed by atoms with Crippen LogP contribution in [0.25, 0.3) is 0 Å². The van der Waals surface area contributed by atoms with Crippen LogP contribution < -0.4 is 5.32 Å². The van der Waals surface area contributed by atoms with E-state index in [-0.39, 0.29) is 24.3 Å². The van der Waals surface area contributed by atoms with Gasteiger partial charge >= 0.3 is 0 Å². The van der Waals surface area contributed by atoms with Gasteiger partial charge in [0.2, 0.25) is 0 Å². The molecule has 2 aliphatic rings. The molecular formula is C21H26N4O3. The van der Waals surface area contributed by atoms with E-state index in [0.717, 1.165) is 12.1 Å². The largest absolute Gasteiger partial charge is 0.396 e. The predicted molar refractivity (Wildman–Crippen MR) is 105 cm³/mol. The molecule has 1 saturated heterocycles. The van der Waals surface area contributed by atoms with Gasteiger partial charge in [0.25, 0.3) is 11.8 Å². The Bertz CT molecular complexity index is 916. The SMILES string of the molecule is Cc1c(C(=O)Nc2cc(C(=O)N3CC[C@H](CO)C3)ccn2)cc(C2CC2)n1C. The Morgan fingerprint density at radius 1 is 1.29 bits per heavy atom. The van der Waals surface area contributed by atoms with Crippen LogP contribution in [0.1, 0.15) is 57.3 Å². The second-order valence-corrected chi connectivity index (χ2v) is 7.87. The molecular weight excluding hydrogens is 356 g/mol. The molecule has 0 spiro atoms. The number of aliphatic hydroxyl groups is 1. The summed E-state index contributed by atoms with van der Waals surface area (Å²) in [5.74, 6) is 0.767. The van der Waals surface area contributed by atoms with Gasteiger partial charge in [-0.1, -0.05) is 0 Å². The fourth-order valence-corrected chi connectivity index (χ4v) is 3.89. The third kappa shape index (κ3) is 3.54. The molecule has 0 aromatic carbocycles. The second-order valence-electron chi connectivity index (χ2n) is 7.87. The summed E-state index contributed by atoms with van der Waals surface area (Å²) in [6.45, 7) is 3.24. The van der Waals surface area contributed by atoms with Crippen LogP contribution in [0.4, 0.5) is 5.82 Å². The van der Waals surface area contributed by atoms with Crippen LogP contribution in [0.2, 0.25) is 0 Å². The van der Waals surface area contributed by atoms with Gasteiger partial charge in [-0.15, -0.1) is 0 Å². The van der Waals surface area contributed by atoms with Crippen molar-refractivity contribution < 1.29 is 14.7 Å². The van der Waals surface area contributed by atoms with E-state index in [2.05, 4.69) is 14.9 Å². The van der Waals surface area contributed by atoms with Crippen molar-refractivity contribution in [3.63, 3.8) is 0 Å². The zero-order chi connectivity index (χ0) is 19.8. The lowest BCUT2D eigenvalue weighted by atomic mass is 10.1. The summed E-state index contributed by atoms with van der Waals surface area (Å²) >= 11 is 0. The van der Waals surface area contributed by atoms with Gasteiger partial charge < -0.3 is 19.9 Å². The summed E-state index contributed by atoms with van der Waals surface area (Å²) in [5, 5.41) is 12.1. The summed E-state index contributed by atoms with van der Waals surface area (Å²) in [6.07, 6.45) is 4.71. The zero-order valence-electron chi connectivity index (χ0n) is 16.3. The highest BCUT2D eigenvalue weighted by atomic mass is 16.3.